The van der Waals surface area contributed by atoms with Crippen molar-refractivity contribution in [3.8, 4) is 0 Å². The average molecular weight is 501 g/mol. The number of benzene rings is 1. The number of aromatic nitrogens is 2. The highest BCUT2D eigenvalue weighted by atomic mass is 127. The van der Waals surface area contributed by atoms with Gasteiger partial charge in [-0.2, -0.15) is 4.98 Å². The van der Waals surface area contributed by atoms with Gasteiger partial charge in [0.1, 0.15) is 0 Å². The van der Waals surface area contributed by atoms with E-state index >= 15 is 0 Å². The van der Waals surface area contributed by atoms with E-state index in [0.29, 0.717) is 12.4 Å². The first-order valence-corrected chi connectivity index (χ1v) is 9.64. The minimum absolute atomic E-state index is 0. The predicted octanol–water partition coefficient (Wildman–Crippen LogP) is 3.07. The molecule has 1 aromatic carbocycles. The molecule has 0 aliphatic heterocycles. The maximum absolute atomic E-state index is 9.67. The van der Waals surface area contributed by atoms with Crippen LogP contribution in [0.25, 0.3) is 0 Å². The van der Waals surface area contributed by atoms with Crippen LogP contribution in [-0.4, -0.2) is 47.4 Å². The second kappa shape index (κ2) is 13.5. The summed E-state index contributed by atoms with van der Waals surface area (Å²) in [4.78, 5) is 9.00. The van der Waals surface area contributed by atoms with Crippen LogP contribution in [0.15, 0.2) is 39.8 Å². The van der Waals surface area contributed by atoms with E-state index in [0.717, 1.165) is 43.3 Å². The highest BCUT2D eigenvalue weighted by Crippen LogP contribution is 2.15. The predicted molar refractivity (Wildman–Crippen MR) is 122 cm³/mol. The molecule has 0 saturated heterocycles. The highest BCUT2D eigenvalue weighted by Gasteiger charge is 2.11. The van der Waals surface area contributed by atoms with Crippen molar-refractivity contribution in [2.45, 2.75) is 45.4 Å². The number of halogens is 1. The highest BCUT2D eigenvalue weighted by molar-refractivity contribution is 14.0. The van der Waals surface area contributed by atoms with Gasteiger partial charge < -0.3 is 20.3 Å². The Morgan fingerprint density at radius 1 is 1.21 bits per heavy atom. The van der Waals surface area contributed by atoms with E-state index < -0.39 is 0 Å². The Bertz CT molecular complexity index is 691. The van der Waals surface area contributed by atoms with Gasteiger partial charge in [-0.15, -0.1) is 24.0 Å². The summed E-state index contributed by atoms with van der Waals surface area (Å²) < 4.78 is 5.26. The minimum atomic E-state index is -0.00509. The fourth-order valence-electron chi connectivity index (χ4n) is 2.59. The SMILES string of the molecule is CCNC(=NCC(CO)c1ccccc1)NCCCc1nc(C(C)C)no1.I. The van der Waals surface area contributed by atoms with E-state index in [1.165, 1.54) is 0 Å². The van der Waals surface area contributed by atoms with E-state index in [1.807, 2.05) is 51.1 Å². The number of nitrogens with one attached hydrogen (secondary N) is 2. The zero-order valence-electron chi connectivity index (χ0n) is 16.9. The second-order valence-corrected chi connectivity index (χ2v) is 6.74. The number of rotatable bonds is 10. The van der Waals surface area contributed by atoms with E-state index in [4.69, 9.17) is 4.52 Å². The van der Waals surface area contributed by atoms with Gasteiger partial charge in [0.15, 0.2) is 11.8 Å². The van der Waals surface area contributed by atoms with Gasteiger partial charge in [-0.1, -0.05) is 49.3 Å². The standard InChI is InChI=1S/C20H31N5O2.HI/c1-4-21-20(23-13-17(14-26)16-9-6-5-7-10-16)22-12-8-11-18-24-19(15(2)3)25-27-18;/h5-7,9-10,15,17,26H,4,8,11-14H2,1-3H3,(H2,21,22,23);1H. The van der Waals surface area contributed by atoms with E-state index in [1.54, 1.807) is 0 Å². The average Bonchev–Trinajstić information content (AvgIpc) is 3.15. The second-order valence-electron chi connectivity index (χ2n) is 6.74. The molecule has 0 saturated carbocycles. The van der Waals surface area contributed by atoms with Crippen molar-refractivity contribution >= 4 is 29.9 Å². The zero-order chi connectivity index (χ0) is 19.5. The Hall–Kier alpha value is -1.68. The van der Waals surface area contributed by atoms with Crippen LogP contribution in [0.1, 0.15) is 56.3 Å². The number of guanidine groups is 1. The summed E-state index contributed by atoms with van der Waals surface area (Å²) in [5.41, 5.74) is 1.09. The molecule has 28 heavy (non-hydrogen) atoms. The third-order valence-corrected chi connectivity index (χ3v) is 4.17. The lowest BCUT2D eigenvalue weighted by Crippen LogP contribution is -2.38. The molecule has 0 bridgehead atoms. The van der Waals surface area contributed by atoms with Crippen LogP contribution in [-0.2, 0) is 6.42 Å². The first kappa shape index (κ1) is 24.4. The summed E-state index contributed by atoms with van der Waals surface area (Å²) in [5.74, 6) is 2.45. The fourth-order valence-corrected chi connectivity index (χ4v) is 2.59. The van der Waals surface area contributed by atoms with Crippen LogP contribution in [0.5, 0.6) is 0 Å². The number of nitrogens with zero attached hydrogens (tertiary/aromatic N) is 3. The summed E-state index contributed by atoms with van der Waals surface area (Å²) in [5, 5.41) is 20.2. The number of aryl methyl sites for hydroxylation is 1. The van der Waals surface area contributed by atoms with Gasteiger partial charge in [-0.05, 0) is 18.9 Å². The molecule has 2 aromatic rings. The number of hydrogen-bond acceptors (Lipinski definition) is 5. The molecule has 156 valence electrons. The molecule has 2 rings (SSSR count). The number of aliphatic hydroxyl groups is 1. The first-order valence-electron chi connectivity index (χ1n) is 9.64. The van der Waals surface area contributed by atoms with Crippen molar-refractivity contribution in [2.75, 3.05) is 26.2 Å². The third-order valence-electron chi connectivity index (χ3n) is 4.17. The maximum atomic E-state index is 9.67. The third kappa shape index (κ3) is 8.14. The molecule has 0 aliphatic carbocycles. The molecule has 0 fully saturated rings. The van der Waals surface area contributed by atoms with Crippen LogP contribution in [0.2, 0.25) is 0 Å². The quantitative estimate of drug-likeness (QED) is 0.201. The lowest BCUT2D eigenvalue weighted by Gasteiger charge is -2.15. The number of aliphatic imine (C=N–C) groups is 1. The Labute approximate surface area is 184 Å². The van der Waals surface area contributed by atoms with Gasteiger partial charge in [-0.3, -0.25) is 4.99 Å². The van der Waals surface area contributed by atoms with Gasteiger partial charge in [-0.25, -0.2) is 0 Å². The fraction of sp³-hybridized carbons (Fsp3) is 0.550. The van der Waals surface area contributed by atoms with Crippen molar-refractivity contribution in [3.05, 3.63) is 47.6 Å². The molecule has 7 nitrogen and oxygen atoms in total. The summed E-state index contributed by atoms with van der Waals surface area (Å²) in [6, 6.07) is 9.97. The van der Waals surface area contributed by atoms with Crippen LogP contribution in [0.3, 0.4) is 0 Å². The molecule has 1 atom stereocenters. The van der Waals surface area contributed by atoms with Gasteiger partial charge in [0.05, 0.1) is 13.2 Å². The summed E-state index contributed by atoms with van der Waals surface area (Å²) in [6.45, 7) is 8.25. The van der Waals surface area contributed by atoms with E-state index in [2.05, 4.69) is 25.8 Å². The molecule has 1 unspecified atom stereocenters. The Kier molecular flexibility index (Phi) is 11.7. The van der Waals surface area contributed by atoms with Crippen LogP contribution >= 0.6 is 24.0 Å². The van der Waals surface area contributed by atoms with Crippen molar-refractivity contribution in [1.82, 2.24) is 20.8 Å². The molecule has 1 heterocycles. The summed E-state index contributed by atoms with van der Waals surface area (Å²) >= 11 is 0. The lowest BCUT2D eigenvalue weighted by molar-refractivity contribution is 0.268. The van der Waals surface area contributed by atoms with Crippen molar-refractivity contribution in [1.29, 1.82) is 0 Å². The van der Waals surface area contributed by atoms with Crippen molar-refractivity contribution in [2.24, 2.45) is 4.99 Å². The molecule has 0 amide bonds. The molecule has 1 aromatic heterocycles. The van der Waals surface area contributed by atoms with Gasteiger partial charge >= 0.3 is 0 Å². The Morgan fingerprint density at radius 2 is 1.96 bits per heavy atom. The van der Waals surface area contributed by atoms with Crippen molar-refractivity contribution < 1.29 is 9.63 Å². The monoisotopic (exact) mass is 501 g/mol. The van der Waals surface area contributed by atoms with Gasteiger partial charge in [0, 0.05) is 31.3 Å². The number of aliphatic hydroxyl groups excluding tert-OH is 1. The maximum Gasteiger partial charge on any atom is 0.226 e. The largest absolute Gasteiger partial charge is 0.396 e. The zero-order valence-corrected chi connectivity index (χ0v) is 19.2. The summed E-state index contributed by atoms with van der Waals surface area (Å²) in [7, 11) is 0. The van der Waals surface area contributed by atoms with E-state index in [9.17, 15) is 5.11 Å². The molecule has 0 radical (unpaired) electrons. The smallest absolute Gasteiger partial charge is 0.226 e. The first-order chi connectivity index (χ1) is 13.1. The topological polar surface area (TPSA) is 95.6 Å². The summed E-state index contributed by atoms with van der Waals surface area (Å²) in [6.07, 6.45) is 1.60. The molecule has 3 N–H and O–H groups in total. The van der Waals surface area contributed by atoms with Crippen molar-refractivity contribution in [3.63, 3.8) is 0 Å². The van der Waals surface area contributed by atoms with Crippen LogP contribution in [0, 0.1) is 0 Å². The molecular formula is C20H32IN5O2. The normalized spacial score (nSPS) is 12.5. The van der Waals surface area contributed by atoms with Gasteiger partial charge in [0.2, 0.25) is 5.89 Å². The van der Waals surface area contributed by atoms with E-state index in [-0.39, 0.29) is 42.4 Å². The molecule has 8 heteroatoms. The van der Waals surface area contributed by atoms with Crippen LogP contribution < -0.4 is 10.6 Å². The van der Waals surface area contributed by atoms with Crippen LogP contribution in [0.4, 0.5) is 0 Å². The Morgan fingerprint density at radius 3 is 2.57 bits per heavy atom. The molecular weight excluding hydrogens is 469 g/mol. The minimum Gasteiger partial charge on any atom is -0.396 e. The lowest BCUT2D eigenvalue weighted by atomic mass is 10.0. The van der Waals surface area contributed by atoms with Gasteiger partial charge in [0.25, 0.3) is 0 Å². The Balaban J connectivity index is 0.00000392. The molecule has 0 aliphatic rings. The number of hydrogen-bond donors (Lipinski definition) is 3. The molecule has 0 spiro atoms.